The van der Waals surface area contributed by atoms with Crippen molar-refractivity contribution in [2.24, 2.45) is 5.73 Å². The second kappa shape index (κ2) is 3.98. The molecule has 2 aromatic heterocycles. The number of thioether (sulfide) groups is 1. The van der Waals surface area contributed by atoms with Crippen LogP contribution in [0.15, 0.2) is 28.7 Å². The molecule has 0 spiro atoms. The Balaban J connectivity index is 2.32. The molecule has 0 unspecified atom stereocenters. The number of carbonyl (C=O) groups excluding carboxylic acids is 1. The Kier molecular flexibility index (Phi) is 2.69. The van der Waals surface area contributed by atoms with Crippen molar-refractivity contribution in [2.75, 3.05) is 5.75 Å². The summed E-state index contributed by atoms with van der Waals surface area (Å²) in [5.74, 6) is -0.00127. The first-order valence-electron chi connectivity index (χ1n) is 3.99. The van der Waals surface area contributed by atoms with Gasteiger partial charge in [0, 0.05) is 22.7 Å². The van der Waals surface area contributed by atoms with Crippen LogP contribution in [0.4, 0.5) is 0 Å². The molecule has 2 heterocycles. The number of hydrogen-bond donors (Lipinski definition) is 1. The molecule has 14 heavy (non-hydrogen) atoms. The smallest absolute Gasteiger partial charge is 0.227 e. The molecule has 2 rings (SSSR count). The van der Waals surface area contributed by atoms with Gasteiger partial charge in [-0.15, -0.1) is 23.1 Å². The van der Waals surface area contributed by atoms with Gasteiger partial charge in [0.2, 0.25) is 5.91 Å². The molecular weight excluding hydrogens is 216 g/mol. The van der Waals surface area contributed by atoms with Crippen LogP contribution >= 0.6 is 23.1 Å². The summed E-state index contributed by atoms with van der Waals surface area (Å²) in [7, 11) is 0. The lowest BCUT2D eigenvalue weighted by molar-refractivity contribution is -0.115. The Labute approximate surface area is 89.3 Å². The number of pyridine rings is 1. The van der Waals surface area contributed by atoms with Crippen LogP contribution in [0.1, 0.15) is 0 Å². The van der Waals surface area contributed by atoms with E-state index in [0.717, 1.165) is 15.0 Å². The minimum absolute atomic E-state index is 0.302. The van der Waals surface area contributed by atoms with E-state index in [1.807, 2.05) is 17.6 Å². The number of aromatic nitrogens is 1. The molecule has 72 valence electrons. The quantitative estimate of drug-likeness (QED) is 0.810. The SMILES string of the molecule is NC(=O)CSc1cncc2sccc12. The van der Waals surface area contributed by atoms with Crippen LogP contribution in [0.25, 0.3) is 10.1 Å². The zero-order chi connectivity index (χ0) is 9.97. The van der Waals surface area contributed by atoms with E-state index < -0.39 is 0 Å². The average molecular weight is 224 g/mol. The lowest BCUT2D eigenvalue weighted by Gasteiger charge is -1.99. The highest BCUT2D eigenvalue weighted by molar-refractivity contribution is 8.00. The maximum atomic E-state index is 10.6. The molecule has 2 N–H and O–H groups in total. The van der Waals surface area contributed by atoms with Gasteiger partial charge in [0.1, 0.15) is 0 Å². The van der Waals surface area contributed by atoms with E-state index in [1.165, 1.54) is 11.8 Å². The molecule has 0 aliphatic carbocycles. The van der Waals surface area contributed by atoms with Crippen molar-refractivity contribution < 1.29 is 4.79 Å². The molecule has 0 aromatic carbocycles. The monoisotopic (exact) mass is 224 g/mol. The van der Waals surface area contributed by atoms with Gasteiger partial charge in [0.05, 0.1) is 10.5 Å². The first-order chi connectivity index (χ1) is 6.77. The number of primary amides is 1. The van der Waals surface area contributed by atoms with Crippen molar-refractivity contribution in [1.29, 1.82) is 0 Å². The maximum Gasteiger partial charge on any atom is 0.227 e. The van der Waals surface area contributed by atoms with E-state index in [4.69, 9.17) is 5.73 Å². The van der Waals surface area contributed by atoms with Crippen LogP contribution in [0.5, 0.6) is 0 Å². The molecular formula is C9H8N2OS2. The van der Waals surface area contributed by atoms with Crippen LogP contribution in [0.3, 0.4) is 0 Å². The Morgan fingerprint density at radius 3 is 3.21 bits per heavy atom. The molecule has 0 aliphatic rings. The summed E-state index contributed by atoms with van der Waals surface area (Å²) in [4.78, 5) is 15.7. The summed E-state index contributed by atoms with van der Waals surface area (Å²) in [5.41, 5.74) is 5.08. The maximum absolute atomic E-state index is 10.6. The summed E-state index contributed by atoms with van der Waals surface area (Å²) >= 11 is 3.08. The van der Waals surface area contributed by atoms with Crippen LogP contribution in [-0.2, 0) is 4.79 Å². The van der Waals surface area contributed by atoms with E-state index in [0.29, 0.717) is 5.75 Å². The molecule has 0 atom stereocenters. The number of amides is 1. The normalized spacial score (nSPS) is 10.6. The fourth-order valence-corrected chi connectivity index (χ4v) is 2.74. The number of hydrogen-bond acceptors (Lipinski definition) is 4. The Hall–Kier alpha value is -1.07. The second-order valence-corrected chi connectivity index (χ2v) is 4.69. The minimum atomic E-state index is -0.303. The third kappa shape index (κ3) is 1.88. The van der Waals surface area contributed by atoms with Crippen LogP contribution in [0, 0.1) is 0 Å². The molecule has 0 saturated carbocycles. The Bertz CT molecular complexity index is 467. The summed E-state index contributed by atoms with van der Waals surface area (Å²) in [6.07, 6.45) is 3.59. The number of fused-ring (bicyclic) bond motifs is 1. The van der Waals surface area contributed by atoms with Crippen molar-refractivity contribution in [1.82, 2.24) is 4.98 Å². The van der Waals surface area contributed by atoms with Gasteiger partial charge >= 0.3 is 0 Å². The summed E-state index contributed by atoms with van der Waals surface area (Å²) in [6, 6.07) is 2.03. The van der Waals surface area contributed by atoms with E-state index in [1.54, 1.807) is 17.5 Å². The molecule has 0 saturated heterocycles. The molecule has 0 bridgehead atoms. The van der Waals surface area contributed by atoms with E-state index in [-0.39, 0.29) is 5.91 Å². The first kappa shape index (κ1) is 9.48. The predicted octanol–water partition coefficient (Wildman–Crippen LogP) is 1.87. The molecule has 2 aromatic rings. The molecule has 0 fully saturated rings. The number of nitrogens with zero attached hydrogens (tertiary/aromatic N) is 1. The third-order valence-corrected chi connectivity index (χ3v) is 3.63. The van der Waals surface area contributed by atoms with Crippen molar-refractivity contribution >= 4 is 39.1 Å². The van der Waals surface area contributed by atoms with E-state index in [2.05, 4.69) is 4.98 Å². The van der Waals surface area contributed by atoms with Gasteiger partial charge in [-0.2, -0.15) is 0 Å². The third-order valence-electron chi connectivity index (χ3n) is 1.71. The fraction of sp³-hybridized carbons (Fsp3) is 0.111. The van der Waals surface area contributed by atoms with Crippen LogP contribution in [-0.4, -0.2) is 16.6 Å². The van der Waals surface area contributed by atoms with E-state index >= 15 is 0 Å². The highest BCUT2D eigenvalue weighted by atomic mass is 32.2. The highest BCUT2D eigenvalue weighted by Gasteiger charge is 2.04. The van der Waals surface area contributed by atoms with Gasteiger partial charge in [-0.1, -0.05) is 0 Å². The molecule has 3 nitrogen and oxygen atoms in total. The number of thiophene rings is 1. The lowest BCUT2D eigenvalue weighted by atomic mass is 10.3. The zero-order valence-electron chi connectivity index (χ0n) is 7.27. The topological polar surface area (TPSA) is 56.0 Å². The minimum Gasteiger partial charge on any atom is -0.369 e. The van der Waals surface area contributed by atoms with Crippen molar-refractivity contribution in [3.05, 3.63) is 23.8 Å². The molecule has 1 amide bonds. The summed E-state index contributed by atoms with van der Waals surface area (Å²) < 4.78 is 1.14. The van der Waals surface area contributed by atoms with Crippen molar-refractivity contribution in [3.63, 3.8) is 0 Å². The van der Waals surface area contributed by atoms with Crippen LogP contribution in [0.2, 0.25) is 0 Å². The average Bonchev–Trinajstić information content (AvgIpc) is 2.62. The van der Waals surface area contributed by atoms with Gasteiger partial charge in [-0.3, -0.25) is 9.78 Å². The molecule has 0 aliphatic heterocycles. The van der Waals surface area contributed by atoms with Gasteiger partial charge in [-0.05, 0) is 11.4 Å². The number of rotatable bonds is 3. The Morgan fingerprint density at radius 1 is 1.57 bits per heavy atom. The van der Waals surface area contributed by atoms with Gasteiger partial charge in [0.15, 0.2) is 0 Å². The second-order valence-electron chi connectivity index (χ2n) is 2.73. The number of carbonyl (C=O) groups is 1. The number of nitrogens with two attached hydrogens (primary N) is 1. The van der Waals surface area contributed by atoms with Crippen molar-refractivity contribution in [3.8, 4) is 0 Å². The van der Waals surface area contributed by atoms with Gasteiger partial charge in [0.25, 0.3) is 0 Å². The predicted molar refractivity (Wildman–Crippen MR) is 59.5 cm³/mol. The van der Waals surface area contributed by atoms with Crippen molar-refractivity contribution in [2.45, 2.75) is 4.90 Å². The zero-order valence-corrected chi connectivity index (χ0v) is 8.90. The van der Waals surface area contributed by atoms with Crippen LogP contribution < -0.4 is 5.73 Å². The highest BCUT2D eigenvalue weighted by Crippen LogP contribution is 2.29. The Morgan fingerprint density at radius 2 is 2.43 bits per heavy atom. The van der Waals surface area contributed by atoms with Gasteiger partial charge in [-0.25, -0.2) is 0 Å². The largest absolute Gasteiger partial charge is 0.369 e. The molecule has 5 heteroatoms. The first-order valence-corrected chi connectivity index (χ1v) is 5.86. The van der Waals surface area contributed by atoms with E-state index in [9.17, 15) is 4.79 Å². The fourth-order valence-electron chi connectivity index (χ4n) is 1.13. The standard InChI is InChI=1S/C9H8N2OS2/c10-9(12)5-14-8-4-11-3-7-6(8)1-2-13-7/h1-4H,5H2,(H2,10,12). The lowest BCUT2D eigenvalue weighted by Crippen LogP contribution is -2.12. The van der Waals surface area contributed by atoms with Gasteiger partial charge < -0.3 is 5.73 Å². The summed E-state index contributed by atoms with van der Waals surface area (Å²) in [6.45, 7) is 0. The molecule has 0 radical (unpaired) electrons. The summed E-state index contributed by atoms with van der Waals surface area (Å²) in [5, 5.41) is 3.16.